The minimum absolute atomic E-state index is 0.115. The molecule has 0 heterocycles. The maximum atomic E-state index is 11.5. The van der Waals surface area contributed by atoms with Crippen LogP contribution >= 0.6 is 15.9 Å². The molecule has 0 saturated carbocycles. The summed E-state index contributed by atoms with van der Waals surface area (Å²) in [5.74, 6) is 0.604. The van der Waals surface area contributed by atoms with Crippen LogP contribution in [0.3, 0.4) is 0 Å². The Bertz CT molecular complexity index is 570. The van der Waals surface area contributed by atoms with Gasteiger partial charge >= 0.3 is 0 Å². The molecular weight excluding hydrogens is 306 g/mol. The van der Waals surface area contributed by atoms with Crippen molar-refractivity contribution < 1.29 is 9.53 Å². The number of ether oxygens (including phenoxy) is 1. The van der Waals surface area contributed by atoms with Crippen molar-refractivity contribution in [2.75, 3.05) is 7.05 Å². The molecule has 19 heavy (non-hydrogen) atoms. The van der Waals surface area contributed by atoms with Gasteiger partial charge in [-0.2, -0.15) is 0 Å². The third-order valence-electron chi connectivity index (χ3n) is 2.66. The first-order chi connectivity index (χ1) is 9.20. The smallest absolute Gasteiger partial charge is 0.251 e. The summed E-state index contributed by atoms with van der Waals surface area (Å²) >= 11 is 3.41. The summed E-state index contributed by atoms with van der Waals surface area (Å²) < 4.78 is 6.48. The van der Waals surface area contributed by atoms with Crippen LogP contribution in [0.25, 0.3) is 0 Å². The first kappa shape index (κ1) is 13.6. The van der Waals surface area contributed by atoms with Crippen LogP contribution in [0.2, 0.25) is 0 Å². The molecule has 3 nitrogen and oxygen atoms in total. The molecule has 1 N–H and O–H groups in total. The fraction of sp³-hybridized carbons (Fsp3) is 0.133. The molecule has 0 unspecified atom stereocenters. The molecule has 2 aromatic carbocycles. The zero-order valence-corrected chi connectivity index (χ0v) is 12.1. The minimum Gasteiger partial charge on any atom is -0.488 e. The van der Waals surface area contributed by atoms with Crippen LogP contribution in [-0.2, 0) is 6.61 Å². The minimum atomic E-state index is -0.115. The lowest BCUT2D eigenvalue weighted by molar-refractivity contribution is 0.0963. The molecular formula is C15H14BrNO2. The topological polar surface area (TPSA) is 38.3 Å². The van der Waals surface area contributed by atoms with E-state index in [0.717, 1.165) is 15.8 Å². The summed E-state index contributed by atoms with van der Waals surface area (Å²) in [6, 6.07) is 15.2. The fourth-order valence-electron chi connectivity index (χ4n) is 1.64. The highest BCUT2D eigenvalue weighted by molar-refractivity contribution is 9.10. The Kier molecular flexibility index (Phi) is 4.58. The zero-order valence-electron chi connectivity index (χ0n) is 10.5. The number of rotatable bonds is 4. The van der Waals surface area contributed by atoms with Crippen LogP contribution < -0.4 is 10.1 Å². The molecule has 0 bridgehead atoms. The Morgan fingerprint density at radius 2 is 1.95 bits per heavy atom. The molecule has 0 spiro atoms. The largest absolute Gasteiger partial charge is 0.488 e. The van der Waals surface area contributed by atoms with Crippen molar-refractivity contribution in [3.8, 4) is 5.75 Å². The average molecular weight is 320 g/mol. The number of nitrogens with one attached hydrogen (secondary N) is 1. The monoisotopic (exact) mass is 319 g/mol. The van der Waals surface area contributed by atoms with E-state index < -0.39 is 0 Å². The first-order valence-electron chi connectivity index (χ1n) is 5.89. The molecule has 1 amide bonds. The molecule has 0 aliphatic carbocycles. The van der Waals surface area contributed by atoms with Crippen LogP contribution in [0.5, 0.6) is 5.75 Å². The van der Waals surface area contributed by atoms with Crippen LogP contribution in [-0.4, -0.2) is 13.0 Å². The van der Waals surface area contributed by atoms with Crippen LogP contribution in [0, 0.1) is 0 Å². The number of hydrogen-bond donors (Lipinski definition) is 1. The predicted molar refractivity (Wildman–Crippen MR) is 78.3 cm³/mol. The Labute approximate surface area is 120 Å². The van der Waals surface area contributed by atoms with Gasteiger partial charge < -0.3 is 10.1 Å². The number of carbonyl (C=O) groups excluding carboxylic acids is 1. The van der Waals surface area contributed by atoms with Gasteiger partial charge in [-0.1, -0.05) is 30.3 Å². The van der Waals surface area contributed by atoms with Crippen molar-refractivity contribution in [2.45, 2.75) is 6.61 Å². The van der Waals surface area contributed by atoms with E-state index in [1.807, 2.05) is 30.3 Å². The highest BCUT2D eigenvalue weighted by Crippen LogP contribution is 2.26. The lowest BCUT2D eigenvalue weighted by Gasteiger charge is -2.09. The van der Waals surface area contributed by atoms with E-state index in [-0.39, 0.29) is 5.91 Å². The van der Waals surface area contributed by atoms with Gasteiger partial charge in [-0.05, 0) is 39.7 Å². The molecule has 0 saturated heterocycles. The molecule has 0 aromatic heterocycles. The van der Waals surface area contributed by atoms with Gasteiger partial charge in [0, 0.05) is 12.6 Å². The van der Waals surface area contributed by atoms with E-state index in [9.17, 15) is 4.79 Å². The molecule has 98 valence electrons. The first-order valence-corrected chi connectivity index (χ1v) is 6.68. The zero-order chi connectivity index (χ0) is 13.7. The lowest BCUT2D eigenvalue weighted by Crippen LogP contribution is -2.17. The summed E-state index contributed by atoms with van der Waals surface area (Å²) in [6.07, 6.45) is 0. The van der Waals surface area contributed by atoms with E-state index in [2.05, 4.69) is 21.2 Å². The summed E-state index contributed by atoms with van der Waals surface area (Å²) in [7, 11) is 1.61. The second-order valence-electron chi connectivity index (χ2n) is 4.00. The van der Waals surface area contributed by atoms with Crippen molar-refractivity contribution in [1.82, 2.24) is 5.32 Å². The Hall–Kier alpha value is -1.81. The predicted octanol–water partition coefficient (Wildman–Crippen LogP) is 3.39. The SMILES string of the molecule is CNC(=O)c1ccc(OCc2ccccc2)c(Br)c1. The van der Waals surface area contributed by atoms with Gasteiger partial charge in [-0.3, -0.25) is 4.79 Å². The number of benzene rings is 2. The number of amides is 1. The van der Waals surface area contributed by atoms with Gasteiger partial charge in [0.25, 0.3) is 5.91 Å². The van der Waals surface area contributed by atoms with Gasteiger partial charge in [0.2, 0.25) is 0 Å². The maximum absolute atomic E-state index is 11.5. The number of carbonyl (C=O) groups is 1. The molecule has 0 aliphatic heterocycles. The van der Waals surface area contributed by atoms with Gasteiger partial charge in [-0.25, -0.2) is 0 Å². The van der Waals surface area contributed by atoms with Crippen molar-refractivity contribution in [3.05, 3.63) is 64.1 Å². The van der Waals surface area contributed by atoms with Crippen molar-refractivity contribution >= 4 is 21.8 Å². The summed E-state index contributed by atoms with van der Waals surface area (Å²) in [6.45, 7) is 0.499. The van der Waals surface area contributed by atoms with E-state index >= 15 is 0 Å². The quantitative estimate of drug-likeness (QED) is 0.938. The summed E-state index contributed by atoms with van der Waals surface area (Å²) in [5, 5.41) is 2.59. The highest BCUT2D eigenvalue weighted by atomic mass is 79.9. The second-order valence-corrected chi connectivity index (χ2v) is 4.85. The van der Waals surface area contributed by atoms with Gasteiger partial charge in [0.05, 0.1) is 4.47 Å². The number of hydrogen-bond acceptors (Lipinski definition) is 2. The Morgan fingerprint density at radius 1 is 1.21 bits per heavy atom. The van der Waals surface area contributed by atoms with Crippen molar-refractivity contribution in [2.24, 2.45) is 0 Å². The molecule has 4 heteroatoms. The molecule has 0 fully saturated rings. The maximum Gasteiger partial charge on any atom is 0.251 e. The third kappa shape index (κ3) is 3.58. The normalized spacial score (nSPS) is 10.0. The highest BCUT2D eigenvalue weighted by Gasteiger charge is 2.07. The molecule has 2 rings (SSSR count). The van der Waals surface area contributed by atoms with Gasteiger partial charge in [0.15, 0.2) is 0 Å². The third-order valence-corrected chi connectivity index (χ3v) is 3.28. The van der Waals surface area contributed by atoms with E-state index in [4.69, 9.17) is 4.74 Å². The second kappa shape index (κ2) is 6.38. The molecule has 0 atom stereocenters. The van der Waals surface area contributed by atoms with E-state index in [1.54, 1.807) is 25.2 Å². The Morgan fingerprint density at radius 3 is 2.58 bits per heavy atom. The van der Waals surface area contributed by atoms with Crippen molar-refractivity contribution in [3.63, 3.8) is 0 Å². The van der Waals surface area contributed by atoms with Crippen LogP contribution in [0.1, 0.15) is 15.9 Å². The number of halogens is 1. The van der Waals surface area contributed by atoms with Crippen LogP contribution in [0.15, 0.2) is 53.0 Å². The van der Waals surface area contributed by atoms with E-state index in [0.29, 0.717) is 12.2 Å². The van der Waals surface area contributed by atoms with Crippen LogP contribution in [0.4, 0.5) is 0 Å². The molecule has 0 aliphatic rings. The van der Waals surface area contributed by atoms with Gasteiger partial charge in [0.1, 0.15) is 12.4 Å². The summed E-state index contributed by atoms with van der Waals surface area (Å²) in [5.41, 5.74) is 1.70. The van der Waals surface area contributed by atoms with E-state index in [1.165, 1.54) is 0 Å². The molecule has 0 radical (unpaired) electrons. The average Bonchev–Trinajstić information content (AvgIpc) is 2.46. The standard InChI is InChI=1S/C15H14BrNO2/c1-17-15(18)12-7-8-14(13(16)9-12)19-10-11-5-3-2-4-6-11/h2-9H,10H2,1H3,(H,17,18). The van der Waals surface area contributed by atoms with Gasteiger partial charge in [-0.15, -0.1) is 0 Å². The fourth-order valence-corrected chi connectivity index (χ4v) is 2.13. The lowest BCUT2D eigenvalue weighted by atomic mass is 10.2. The summed E-state index contributed by atoms with van der Waals surface area (Å²) in [4.78, 5) is 11.5. The van der Waals surface area contributed by atoms with Crippen molar-refractivity contribution in [1.29, 1.82) is 0 Å². The Balaban J connectivity index is 2.07. The molecule has 2 aromatic rings.